The van der Waals surface area contributed by atoms with E-state index < -0.39 is 17.7 Å². The molecule has 0 saturated heterocycles. The van der Waals surface area contributed by atoms with Crippen molar-refractivity contribution in [1.29, 1.82) is 0 Å². The third kappa shape index (κ3) is 5.05. The topological polar surface area (TPSA) is 64.3 Å². The number of hydrogen-bond donors (Lipinski definition) is 1. The van der Waals surface area contributed by atoms with Crippen LogP contribution in [0.4, 0.5) is 13.2 Å². The first-order valence-electron chi connectivity index (χ1n) is 12.4. The number of carboxylic acid groups (broad SMARTS) is 1. The zero-order valence-electron chi connectivity index (χ0n) is 20.4. The molecule has 5 rings (SSSR count). The van der Waals surface area contributed by atoms with E-state index in [4.69, 9.17) is 9.72 Å². The number of aromatic nitrogens is 2. The molecule has 5 nitrogen and oxygen atoms in total. The summed E-state index contributed by atoms with van der Waals surface area (Å²) in [6.45, 7) is 1.71. The van der Waals surface area contributed by atoms with Crippen molar-refractivity contribution in [3.05, 3.63) is 82.9 Å². The molecule has 1 aliphatic carbocycles. The molecule has 1 aromatic heterocycles. The van der Waals surface area contributed by atoms with Gasteiger partial charge in [-0.15, -0.1) is 0 Å². The predicted molar refractivity (Wildman–Crippen MR) is 135 cm³/mol. The number of hydrogen-bond acceptors (Lipinski definition) is 3. The van der Waals surface area contributed by atoms with Crippen LogP contribution in [-0.4, -0.2) is 20.6 Å². The molecule has 1 saturated carbocycles. The minimum atomic E-state index is -4.45. The summed E-state index contributed by atoms with van der Waals surface area (Å²) in [6.07, 6.45) is 1.06. The zero-order chi connectivity index (χ0) is 26.2. The lowest BCUT2D eigenvalue weighted by molar-refractivity contribution is -0.138. The summed E-state index contributed by atoms with van der Waals surface area (Å²) in [5.74, 6) is 0.225. The molecule has 0 amide bonds. The van der Waals surface area contributed by atoms with Crippen LogP contribution in [0.5, 0.6) is 5.75 Å². The number of benzene rings is 3. The number of rotatable bonds is 6. The highest BCUT2D eigenvalue weighted by Crippen LogP contribution is 2.38. The molecular weight excluding hydrogens is 481 g/mol. The van der Waals surface area contributed by atoms with Crippen LogP contribution in [0.3, 0.4) is 0 Å². The summed E-state index contributed by atoms with van der Waals surface area (Å²) >= 11 is 0. The van der Waals surface area contributed by atoms with Gasteiger partial charge in [0.05, 0.1) is 22.2 Å². The number of fused-ring (bicyclic) bond motifs is 1. The number of halogens is 3. The van der Waals surface area contributed by atoms with E-state index in [0.29, 0.717) is 11.3 Å². The third-order valence-electron chi connectivity index (χ3n) is 7.03. The average Bonchev–Trinajstić information content (AvgIpc) is 3.26. The van der Waals surface area contributed by atoms with Gasteiger partial charge >= 0.3 is 12.1 Å². The molecule has 1 fully saturated rings. The Morgan fingerprint density at radius 2 is 1.81 bits per heavy atom. The molecule has 0 unspecified atom stereocenters. The van der Waals surface area contributed by atoms with Crippen molar-refractivity contribution in [3.63, 3.8) is 0 Å². The Balaban J connectivity index is 1.49. The molecule has 1 aliphatic rings. The molecule has 192 valence electrons. The number of ether oxygens (including phenoxy) is 1. The van der Waals surface area contributed by atoms with Gasteiger partial charge in [0.2, 0.25) is 0 Å². The first kappa shape index (κ1) is 24.9. The predicted octanol–water partition coefficient (Wildman–Crippen LogP) is 7.81. The number of aromatic carboxylic acids is 1. The normalized spacial score (nSPS) is 14.7. The van der Waals surface area contributed by atoms with E-state index in [2.05, 4.69) is 4.57 Å². The Kier molecular flexibility index (Phi) is 6.67. The van der Waals surface area contributed by atoms with Gasteiger partial charge < -0.3 is 14.4 Å². The summed E-state index contributed by atoms with van der Waals surface area (Å²) < 4.78 is 48.0. The van der Waals surface area contributed by atoms with Crippen molar-refractivity contribution in [2.75, 3.05) is 0 Å². The van der Waals surface area contributed by atoms with Crippen molar-refractivity contribution in [3.8, 4) is 17.1 Å². The molecule has 0 aliphatic heterocycles. The molecule has 0 radical (unpaired) electrons. The van der Waals surface area contributed by atoms with Gasteiger partial charge in [0.1, 0.15) is 18.2 Å². The van der Waals surface area contributed by atoms with Crippen molar-refractivity contribution in [2.45, 2.75) is 57.9 Å². The van der Waals surface area contributed by atoms with Crippen LogP contribution in [-0.2, 0) is 12.8 Å². The van der Waals surface area contributed by atoms with Crippen LogP contribution in [0.25, 0.3) is 22.4 Å². The summed E-state index contributed by atoms with van der Waals surface area (Å²) in [5.41, 5.74) is 2.83. The zero-order valence-corrected chi connectivity index (χ0v) is 20.4. The van der Waals surface area contributed by atoms with Crippen molar-refractivity contribution in [1.82, 2.24) is 9.55 Å². The number of aryl methyl sites for hydroxylation is 1. The van der Waals surface area contributed by atoms with Gasteiger partial charge in [-0.05, 0) is 67.8 Å². The number of carboxylic acids is 1. The fraction of sp³-hybridized carbons (Fsp3) is 0.310. The summed E-state index contributed by atoms with van der Waals surface area (Å²) in [5, 5.41) is 9.44. The third-order valence-corrected chi connectivity index (χ3v) is 7.03. The van der Waals surface area contributed by atoms with Crippen LogP contribution in [0.1, 0.15) is 65.2 Å². The standard InChI is InChI=1S/C29H27F3N2O3/c1-18-15-22(37-17-20-7-5-6-10-24(20)29(30,31)32)12-13-23(18)27-33-25-16-19(28(35)36)11-14-26(25)34(27)21-8-3-2-4-9-21/h5-7,10-16,21H,2-4,8-9,17H2,1H3,(H,35,36). The average molecular weight is 509 g/mol. The van der Waals surface area contributed by atoms with Crippen LogP contribution < -0.4 is 4.74 Å². The van der Waals surface area contributed by atoms with Crippen molar-refractivity contribution >= 4 is 17.0 Å². The summed E-state index contributed by atoms with van der Waals surface area (Å²) in [7, 11) is 0. The minimum absolute atomic E-state index is 0.0741. The van der Waals surface area contributed by atoms with Gasteiger partial charge in [-0.25, -0.2) is 9.78 Å². The molecule has 0 spiro atoms. The van der Waals surface area contributed by atoms with Crippen LogP contribution >= 0.6 is 0 Å². The highest BCUT2D eigenvalue weighted by molar-refractivity contribution is 5.93. The Labute approximate surface area is 212 Å². The van der Waals surface area contributed by atoms with E-state index in [1.807, 2.05) is 19.1 Å². The van der Waals surface area contributed by atoms with Crippen LogP contribution in [0.15, 0.2) is 60.7 Å². The molecule has 0 bridgehead atoms. The van der Waals surface area contributed by atoms with E-state index in [1.54, 1.807) is 30.3 Å². The van der Waals surface area contributed by atoms with Crippen molar-refractivity contribution in [2.24, 2.45) is 0 Å². The second-order valence-corrected chi connectivity index (χ2v) is 9.53. The van der Waals surface area contributed by atoms with E-state index in [-0.39, 0.29) is 23.8 Å². The van der Waals surface area contributed by atoms with E-state index in [1.165, 1.54) is 18.6 Å². The van der Waals surface area contributed by atoms with Gasteiger partial charge in [-0.3, -0.25) is 0 Å². The maximum atomic E-state index is 13.3. The SMILES string of the molecule is Cc1cc(OCc2ccccc2C(F)(F)F)ccc1-c1nc2cc(C(=O)O)ccc2n1C1CCCCC1. The Bertz CT molecular complexity index is 1450. The molecule has 3 aromatic carbocycles. The van der Waals surface area contributed by atoms with Gasteiger partial charge in [0.25, 0.3) is 0 Å². The van der Waals surface area contributed by atoms with Crippen LogP contribution in [0, 0.1) is 6.92 Å². The molecule has 1 heterocycles. The molecule has 0 atom stereocenters. The highest BCUT2D eigenvalue weighted by atomic mass is 19.4. The quantitative estimate of drug-likeness (QED) is 0.288. The lowest BCUT2D eigenvalue weighted by Crippen LogP contribution is -2.14. The smallest absolute Gasteiger partial charge is 0.416 e. The first-order chi connectivity index (χ1) is 17.7. The maximum Gasteiger partial charge on any atom is 0.416 e. The lowest BCUT2D eigenvalue weighted by Gasteiger charge is -2.26. The largest absolute Gasteiger partial charge is 0.489 e. The number of nitrogens with zero attached hydrogens (tertiary/aromatic N) is 2. The second-order valence-electron chi connectivity index (χ2n) is 9.53. The van der Waals surface area contributed by atoms with E-state index in [9.17, 15) is 23.1 Å². The maximum absolute atomic E-state index is 13.3. The van der Waals surface area contributed by atoms with Gasteiger partial charge in [0.15, 0.2) is 0 Å². The molecule has 8 heteroatoms. The molecule has 37 heavy (non-hydrogen) atoms. The van der Waals surface area contributed by atoms with Gasteiger partial charge in [0, 0.05) is 17.2 Å². The minimum Gasteiger partial charge on any atom is -0.489 e. The Morgan fingerprint density at radius 3 is 2.51 bits per heavy atom. The first-order valence-corrected chi connectivity index (χ1v) is 12.4. The highest BCUT2D eigenvalue weighted by Gasteiger charge is 2.33. The molecule has 1 N–H and O–H groups in total. The summed E-state index contributed by atoms with van der Waals surface area (Å²) in [4.78, 5) is 16.4. The summed E-state index contributed by atoms with van der Waals surface area (Å²) in [6, 6.07) is 16.1. The van der Waals surface area contributed by atoms with Crippen molar-refractivity contribution < 1.29 is 27.8 Å². The Morgan fingerprint density at radius 1 is 1.05 bits per heavy atom. The number of carbonyl (C=O) groups is 1. The molecule has 4 aromatic rings. The van der Waals surface area contributed by atoms with Crippen LogP contribution in [0.2, 0.25) is 0 Å². The second kappa shape index (κ2) is 9.92. The van der Waals surface area contributed by atoms with E-state index in [0.717, 1.165) is 54.2 Å². The number of imidazole rings is 1. The number of alkyl halides is 3. The fourth-order valence-electron chi connectivity index (χ4n) is 5.19. The van der Waals surface area contributed by atoms with Gasteiger partial charge in [-0.1, -0.05) is 37.5 Å². The van der Waals surface area contributed by atoms with E-state index >= 15 is 0 Å². The Hall–Kier alpha value is -3.81. The molecular formula is C29H27F3N2O3. The lowest BCUT2D eigenvalue weighted by atomic mass is 9.94. The fourth-order valence-corrected chi connectivity index (χ4v) is 5.19. The monoisotopic (exact) mass is 508 g/mol. The van der Waals surface area contributed by atoms with Gasteiger partial charge in [-0.2, -0.15) is 13.2 Å².